The summed E-state index contributed by atoms with van der Waals surface area (Å²) >= 11 is 0. The molecule has 26 heavy (non-hydrogen) atoms. The molecular formula is C20H26N4O2. The highest BCUT2D eigenvalue weighted by molar-refractivity contribution is 5.79. The molecule has 1 aromatic carbocycles. The Balaban J connectivity index is 1.87. The van der Waals surface area contributed by atoms with Crippen molar-refractivity contribution in [2.24, 2.45) is 4.99 Å². The van der Waals surface area contributed by atoms with E-state index in [1.165, 1.54) is 0 Å². The Hall–Kier alpha value is -3.02. The number of para-hydroxylation sites is 1. The third kappa shape index (κ3) is 6.84. The maximum absolute atomic E-state index is 5.67. The Morgan fingerprint density at radius 2 is 2.08 bits per heavy atom. The number of pyridine rings is 1. The molecule has 6 heteroatoms. The van der Waals surface area contributed by atoms with Gasteiger partial charge in [-0.1, -0.05) is 30.9 Å². The molecule has 0 fully saturated rings. The molecule has 0 bridgehead atoms. The summed E-state index contributed by atoms with van der Waals surface area (Å²) < 4.78 is 11.3. The monoisotopic (exact) mass is 354 g/mol. The molecule has 2 aromatic rings. The number of nitrogens with one attached hydrogen (secondary N) is 2. The summed E-state index contributed by atoms with van der Waals surface area (Å²) in [5.41, 5.74) is 1.03. The van der Waals surface area contributed by atoms with Crippen molar-refractivity contribution in [1.29, 1.82) is 0 Å². The fourth-order valence-corrected chi connectivity index (χ4v) is 2.20. The van der Waals surface area contributed by atoms with Crippen molar-refractivity contribution in [2.45, 2.75) is 13.5 Å². The molecule has 0 saturated carbocycles. The van der Waals surface area contributed by atoms with E-state index >= 15 is 0 Å². The molecular weight excluding hydrogens is 328 g/mol. The van der Waals surface area contributed by atoms with Gasteiger partial charge in [-0.25, -0.2) is 4.99 Å². The Kier molecular flexibility index (Phi) is 8.55. The van der Waals surface area contributed by atoms with Crippen LogP contribution in [0.5, 0.6) is 11.5 Å². The van der Waals surface area contributed by atoms with Crippen molar-refractivity contribution in [3.8, 4) is 11.5 Å². The molecule has 0 saturated heterocycles. The van der Waals surface area contributed by atoms with Gasteiger partial charge in [0.2, 0.25) is 0 Å². The summed E-state index contributed by atoms with van der Waals surface area (Å²) in [4.78, 5) is 8.64. The molecule has 0 atom stereocenters. The zero-order valence-electron chi connectivity index (χ0n) is 15.1. The summed E-state index contributed by atoms with van der Waals surface area (Å²) in [7, 11) is 0. The molecule has 0 aliphatic carbocycles. The van der Waals surface area contributed by atoms with Gasteiger partial charge < -0.3 is 20.1 Å². The van der Waals surface area contributed by atoms with Crippen LogP contribution < -0.4 is 20.1 Å². The van der Waals surface area contributed by atoms with E-state index in [1.807, 2.05) is 43.3 Å². The minimum absolute atomic E-state index is 0.477. The lowest BCUT2D eigenvalue weighted by molar-refractivity contribution is 0.320. The molecule has 138 valence electrons. The van der Waals surface area contributed by atoms with Crippen molar-refractivity contribution < 1.29 is 9.47 Å². The van der Waals surface area contributed by atoms with Crippen LogP contribution >= 0.6 is 0 Å². The Morgan fingerprint density at radius 1 is 1.19 bits per heavy atom. The molecule has 0 aliphatic rings. The minimum atomic E-state index is 0.477. The number of nitrogens with zero attached hydrogens (tertiary/aromatic N) is 2. The van der Waals surface area contributed by atoms with E-state index in [0.717, 1.165) is 29.6 Å². The van der Waals surface area contributed by atoms with Crippen LogP contribution in [0.2, 0.25) is 0 Å². The largest absolute Gasteiger partial charge is 0.490 e. The van der Waals surface area contributed by atoms with Crippen LogP contribution in [0.15, 0.2) is 66.4 Å². The summed E-state index contributed by atoms with van der Waals surface area (Å²) in [5.74, 6) is 2.32. The summed E-state index contributed by atoms with van der Waals surface area (Å²) in [6, 6.07) is 11.6. The van der Waals surface area contributed by atoms with Gasteiger partial charge >= 0.3 is 0 Å². The first kappa shape index (κ1) is 19.3. The first-order valence-corrected chi connectivity index (χ1v) is 8.70. The normalized spacial score (nSPS) is 10.9. The number of aliphatic imine (C=N–C) groups is 1. The van der Waals surface area contributed by atoms with E-state index < -0.39 is 0 Å². The highest BCUT2D eigenvalue weighted by Gasteiger charge is 2.03. The van der Waals surface area contributed by atoms with Gasteiger partial charge in [0.25, 0.3) is 0 Å². The Bertz CT molecular complexity index is 689. The number of ether oxygens (including phenoxy) is 2. The highest BCUT2D eigenvalue weighted by atomic mass is 16.5. The Labute approximate surface area is 155 Å². The first-order chi connectivity index (χ1) is 12.8. The lowest BCUT2D eigenvalue weighted by Gasteiger charge is -2.13. The van der Waals surface area contributed by atoms with E-state index in [-0.39, 0.29) is 0 Å². The van der Waals surface area contributed by atoms with Gasteiger partial charge in [0.05, 0.1) is 19.3 Å². The van der Waals surface area contributed by atoms with Crippen LogP contribution in [0.25, 0.3) is 0 Å². The molecule has 0 aliphatic heterocycles. The molecule has 0 spiro atoms. The van der Waals surface area contributed by atoms with Crippen molar-refractivity contribution in [3.05, 3.63) is 67.0 Å². The fourth-order valence-electron chi connectivity index (χ4n) is 2.20. The number of benzene rings is 1. The highest BCUT2D eigenvalue weighted by Crippen LogP contribution is 2.18. The van der Waals surface area contributed by atoms with Crippen LogP contribution in [0.1, 0.15) is 12.5 Å². The van der Waals surface area contributed by atoms with E-state index in [2.05, 4.69) is 27.2 Å². The van der Waals surface area contributed by atoms with Gasteiger partial charge in [-0.2, -0.15) is 0 Å². The average molecular weight is 354 g/mol. The third-order valence-corrected chi connectivity index (χ3v) is 3.38. The van der Waals surface area contributed by atoms with Gasteiger partial charge in [-0.3, -0.25) is 4.98 Å². The van der Waals surface area contributed by atoms with Gasteiger partial charge in [-0.05, 0) is 25.1 Å². The molecule has 0 unspecified atom stereocenters. The maximum Gasteiger partial charge on any atom is 0.191 e. The SMILES string of the molecule is C=CCOc1ccccc1CN=C(NCC)NCCOc1cccnc1. The van der Waals surface area contributed by atoms with Crippen LogP contribution in [0.3, 0.4) is 0 Å². The van der Waals surface area contributed by atoms with Crippen LogP contribution in [-0.2, 0) is 6.54 Å². The first-order valence-electron chi connectivity index (χ1n) is 8.70. The molecule has 2 rings (SSSR count). The lowest BCUT2D eigenvalue weighted by atomic mass is 10.2. The molecule has 0 radical (unpaired) electrons. The standard InChI is InChI=1S/C20H26N4O2/c1-3-13-26-19-10-6-5-8-17(19)15-24-20(22-4-2)23-12-14-25-18-9-7-11-21-16-18/h3,5-11,16H,1,4,12-15H2,2H3,(H2,22,23,24). The summed E-state index contributed by atoms with van der Waals surface area (Å²) in [5, 5.41) is 6.49. The zero-order valence-corrected chi connectivity index (χ0v) is 15.1. The van der Waals surface area contributed by atoms with Crippen LogP contribution in [0, 0.1) is 0 Å². The summed E-state index contributed by atoms with van der Waals surface area (Å²) in [6.45, 7) is 8.65. The number of hydrogen-bond donors (Lipinski definition) is 2. The van der Waals surface area contributed by atoms with E-state index in [9.17, 15) is 0 Å². The van der Waals surface area contributed by atoms with Gasteiger partial charge in [-0.15, -0.1) is 0 Å². The second-order valence-electron chi connectivity index (χ2n) is 5.37. The van der Waals surface area contributed by atoms with Gasteiger partial charge in [0.1, 0.15) is 24.7 Å². The van der Waals surface area contributed by atoms with Crippen LogP contribution in [-0.4, -0.2) is 37.2 Å². The van der Waals surface area contributed by atoms with Crippen molar-refractivity contribution in [3.63, 3.8) is 0 Å². The van der Waals surface area contributed by atoms with Crippen molar-refractivity contribution in [2.75, 3.05) is 26.3 Å². The number of hydrogen-bond acceptors (Lipinski definition) is 4. The number of aromatic nitrogens is 1. The number of rotatable bonds is 10. The number of guanidine groups is 1. The smallest absolute Gasteiger partial charge is 0.191 e. The lowest BCUT2D eigenvalue weighted by Crippen LogP contribution is -2.39. The molecule has 6 nitrogen and oxygen atoms in total. The fraction of sp³-hybridized carbons (Fsp3) is 0.300. The predicted octanol–water partition coefficient (Wildman–Crippen LogP) is 2.78. The van der Waals surface area contributed by atoms with E-state index in [1.54, 1.807) is 18.5 Å². The van der Waals surface area contributed by atoms with Crippen molar-refractivity contribution >= 4 is 5.96 Å². The molecule has 2 N–H and O–H groups in total. The Morgan fingerprint density at radius 3 is 2.85 bits per heavy atom. The quantitative estimate of drug-likeness (QED) is 0.297. The maximum atomic E-state index is 5.67. The molecule has 1 aromatic heterocycles. The average Bonchev–Trinajstić information content (AvgIpc) is 2.69. The van der Waals surface area contributed by atoms with Crippen LogP contribution in [0.4, 0.5) is 0 Å². The van der Waals surface area contributed by atoms with E-state index in [0.29, 0.717) is 26.3 Å². The molecule has 1 heterocycles. The van der Waals surface area contributed by atoms with E-state index in [4.69, 9.17) is 9.47 Å². The predicted molar refractivity (Wildman–Crippen MR) is 105 cm³/mol. The zero-order chi connectivity index (χ0) is 18.5. The van der Waals surface area contributed by atoms with Gasteiger partial charge in [0, 0.05) is 18.3 Å². The second-order valence-corrected chi connectivity index (χ2v) is 5.37. The summed E-state index contributed by atoms with van der Waals surface area (Å²) in [6.07, 6.45) is 5.14. The molecule has 0 amide bonds. The minimum Gasteiger partial charge on any atom is -0.490 e. The second kappa shape index (κ2) is 11.5. The van der Waals surface area contributed by atoms with Gasteiger partial charge in [0.15, 0.2) is 5.96 Å². The third-order valence-electron chi connectivity index (χ3n) is 3.38. The van der Waals surface area contributed by atoms with Crippen molar-refractivity contribution in [1.82, 2.24) is 15.6 Å². The topological polar surface area (TPSA) is 67.8 Å².